The lowest BCUT2D eigenvalue weighted by atomic mass is 9.91. The number of amides is 1. The number of aromatic nitrogens is 1. The Balaban J connectivity index is 1.43. The minimum Gasteiger partial charge on any atom is -0.508 e. The molecular formula is C27H26N2O4S. The van der Waals surface area contributed by atoms with Crippen LogP contribution in [-0.4, -0.2) is 30.0 Å². The third kappa shape index (κ3) is 3.96. The van der Waals surface area contributed by atoms with E-state index in [1.807, 2.05) is 13.1 Å². The fourth-order valence-corrected chi connectivity index (χ4v) is 6.20. The van der Waals surface area contributed by atoms with Crippen LogP contribution in [0.1, 0.15) is 23.2 Å². The summed E-state index contributed by atoms with van der Waals surface area (Å²) in [5.41, 5.74) is 3.84. The number of nitrogens with zero attached hydrogens (tertiary/aromatic N) is 1. The normalized spacial score (nSPS) is 15.7. The molecule has 1 aliphatic rings. The van der Waals surface area contributed by atoms with E-state index >= 15 is 0 Å². The first kappa shape index (κ1) is 22.2. The van der Waals surface area contributed by atoms with Gasteiger partial charge in [0.25, 0.3) is 0 Å². The van der Waals surface area contributed by atoms with E-state index in [-0.39, 0.29) is 33.9 Å². The summed E-state index contributed by atoms with van der Waals surface area (Å²) in [4.78, 5) is 13.2. The molecule has 1 aromatic heterocycles. The number of rotatable bonds is 5. The van der Waals surface area contributed by atoms with Gasteiger partial charge in [0.05, 0.1) is 16.2 Å². The number of aryl methyl sites for hydroxylation is 1. The molecule has 0 saturated heterocycles. The fraction of sp³-hybridized carbons (Fsp3) is 0.222. The number of phenols is 1. The predicted octanol–water partition coefficient (Wildman–Crippen LogP) is 3.93. The Morgan fingerprint density at radius 2 is 1.76 bits per heavy atom. The topological polar surface area (TPSA) is 88.4 Å². The zero-order valence-corrected chi connectivity index (χ0v) is 19.7. The van der Waals surface area contributed by atoms with E-state index in [1.165, 1.54) is 5.69 Å². The van der Waals surface area contributed by atoms with Crippen LogP contribution in [0.5, 0.6) is 5.75 Å². The monoisotopic (exact) mass is 474 g/mol. The molecule has 0 aliphatic heterocycles. The molecule has 1 aliphatic carbocycles. The summed E-state index contributed by atoms with van der Waals surface area (Å²) in [6.45, 7) is 0. The number of benzene rings is 3. The van der Waals surface area contributed by atoms with Crippen molar-refractivity contribution in [2.24, 2.45) is 7.05 Å². The van der Waals surface area contributed by atoms with Crippen LogP contribution in [0, 0.1) is 0 Å². The van der Waals surface area contributed by atoms with E-state index < -0.39 is 9.84 Å². The summed E-state index contributed by atoms with van der Waals surface area (Å²) < 4.78 is 28.5. The van der Waals surface area contributed by atoms with Crippen LogP contribution in [-0.2, 0) is 40.9 Å². The molecule has 0 radical (unpaired) electrons. The van der Waals surface area contributed by atoms with Gasteiger partial charge in [-0.15, -0.1) is 0 Å². The number of fused-ring (bicyclic) bond motifs is 3. The number of hydrogen-bond acceptors (Lipinski definition) is 4. The summed E-state index contributed by atoms with van der Waals surface area (Å²) in [5.74, 6) is -0.0210. The highest BCUT2D eigenvalue weighted by atomic mass is 32.2. The van der Waals surface area contributed by atoms with Crippen LogP contribution in [0.4, 0.5) is 0 Å². The highest BCUT2D eigenvalue weighted by Gasteiger charge is 2.27. The predicted molar refractivity (Wildman–Crippen MR) is 131 cm³/mol. The van der Waals surface area contributed by atoms with Crippen LogP contribution < -0.4 is 5.32 Å². The van der Waals surface area contributed by atoms with Crippen molar-refractivity contribution in [2.45, 2.75) is 41.5 Å². The number of carbonyl (C=O) groups excluding carboxylic acids is 1. The molecule has 1 heterocycles. The molecular weight excluding hydrogens is 448 g/mol. The van der Waals surface area contributed by atoms with Crippen LogP contribution in [0.3, 0.4) is 0 Å². The minimum absolute atomic E-state index is 0.0501. The average molecular weight is 475 g/mol. The lowest BCUT2D eigenvalue weighted by Gasteiger charge is -2.24. The second-order valence-corrected chi connectivity index (χ2v) is 10.7. The first-order valence-electron chi connectivity index (χ1n) is 11.3. The maximum absolute atomic E-state index is 13.2. The summed E-state index contributed by atoms with van der Waals surface area (Å²) in [6, 6.07) is 20.6. The maximum Gasteiger partial charge on any atom is 0.224 e. The van der Waals surface area contributed by atoms with Crippen molar-refractivity contribution in [3.05, 3.63) is 89.6 Å². The molecule has 4 aromatic rings. The molecule has 7 heteroatoms. The number of aromatic hydroxyl groups is 1. The molecule has 5 rings (SSSR count). The van der Waals surface area contributed by atoms with E-state index in [9.17, 15) is 18.3 Å². The molecule has 34 heavy (non-hydrogen) atoms. The minimum atomic E-state index is -3.62. The summed E-state index contributed by atoms with van der Waals surface area (Å²) >= 11 is 0. The third-order valence-corrected chi connectivity index (χ3v) is 8.43. The molecule has 0 fully saturated rings. The Hall–Kier alpha value is -3.58. The van der Waals surface area contributed by atoms with Crippen LogP contribution >= 0.6 is 0 Å². The highest BCUT2D eigenvalue weighted by Crippen LogP contribution is 2.34. The molecule has 0 bridgehead atoms. The number of para-hydroxylation sites is 1. The summed E-state index contributed by atoms with van der Waals surface area (Å²) in [5, 5.41) is 14.0. The molecule has 0 spiro atoms. The molecule has 1 amide bonds. The van der Waals surface area contributed by atoms with Crippen LogP contribution in [0.25, 0.3) is 10.9 Å². The van der Waals surface area contributed by atoms with Crippen LogP contribution in [0.15, 0.2) is 82.6 Å². The van der Waals surface area contributed by atoms with Gasteiger partial charge in [0.2, 0.25) is 15.7 Å². The van der Waals surface area contributed by atoms with E-state index in [0.717, 1.165) is 29.3 Å². The number of phenolic OH excluding ortho intramolecular Hbond substituents is 1. The summed E-state index contributed by atoms with van der Waals surface area (Å²) in [7, 11) is -1.62. The van der Waals surface area contributed by atoms with Crippen molar-refractivity contribution in [3.63, 3.8) is 0 Å². The van der Waals surface area contributed by atoms with Crippen molar-refractivity contribution in [1.82, 2.24) is 9.88 Å². The van der Waals surface area contributed by atoms with Gasteiger partial charge in [-0.2, -0.15) is 0 Å². The Bertz CT molecular complexity index is 1490. The number of carbonyl (C=O) groups is 1. The fourth-order valence-electron chi connectivity index (χ4n) is 4.90. The Morgan fingerprint density at radius 1 is 1.03 bits per heavy atom. The number of hydrogen-bond donors (Lipinski definition) is 2. The van der Waals surface area contributed by atoms with Crippen molar-refractivity contribution >= 4 is 26.6 Å². The standard InChI is InChI=1S/C27H26N2O4S/c1-29-24-13-11-19(28-27(31)15-18-7-5-6-10-26(18)30)16-22(24)23-17-21(12-14-25(23)29)34(32,33)20-8-3-2-4-9-20/h2-10,12,14,17,19,30H,11,13,15-16H2,1H3,(H,28,31)/t19-/m0/s1. The van der Waals surface area contributed by atoms with Crippen LogP contribution in [0.2, 0.25) is 0 Å². The lowest BCUT2D eigenvalue weighted by molar-refractivity contribution is -0.121. The molecule has 3 aromatic carbocycles. The zero-order valence-electron chi connectivity index (χ0n) is 18.9. The number of sulfone groups is 1. The first-order valence-corrected chi connectivity index (χ1v) is 12.8. The van der Waals surface area contributed by atoms with Gasteiger partial charge in [0.1, 0.15) is 5.75 Å². The highest BCUT2D eigenvalue weighted by molar-refractivity contribution is 7.91. The van der Waals surface area contributed by atoms with Crippen molar-refractivity contribution in [3.8, 4) is 5.75 Å². The zero-order chi connectivity index (χ0) is 23.9. The third-order valence-electron chi connectivity index (χ3n) is 6.66. The smallest absolute Gasteiger partial charge is 0.224 e. The van der Waals surface area contributed by atoms with Gasteiger partial charge in [-0.1, -0.05) is 36.4 Å². The Kier molecular flexibility index (Phi) is 5.65. The molecule has 174 valence electrons. The SMILES string of the molecule is Cn1c2c(c3cc(S(=O)(=O)c4ccccc4)ccc31)C[C@@H](NC(=O)Cc1ccccc1O)CC2. The molecule has 1 atom stereocenters. The van der Waals surface area contributed by atoms with Gasteiger partial charge >= 0.3 is 0 Å². The largest absolute Gasteiger partial charge is 0.508 e. The maximum atomic E-state index is 13.2. The second kappa shape index (κ2) is 8.65. The quantitative estimate of drug-likeness (QED) is 0.459. The summed E-state index contributed by atoms with van der Waals surface area (Å²) in [6.07, 6.45) is 2.35. The van der Waals surface area contributed by atoms with Gasteiger partial charge in [-0.3, -0.25) is 4.79 Å². The molecule has 6 nitrogen and oxygen atoms in total. The van der Waals surface area contributed by atoms with Gasteiger partial charge in [0, 0.05) is 35.2 Å². The van der Waals surface area contributed by atoms with Gasteiger partial charge in [-0.25, -0.2) is 8.42 Å². The van der Waals surface area contributed by atoms with Gasteiger partial charge in [0.15, 0.2) is 0 Å². The van der Waals surface area contributed by atoms with Crippen molar-refractivity contribution < 1.29 is 18.3 Å². The molecule has 2 N–H and O–H groups in total. The van der Waals surface area contributed by atoms with Crippen molar-refractivity contribution in [1.29, 1.82) is 0 Å². The second-order valence-electron chi connectivity index (χ2n) is 8.79. The number of nitrogens with one attached hydrogen (secondary N) is 1. The Labute approximate surface area is 198 Å². The average Bonchev–Trinajstić information content (AvgIpc) is 3.12. The van der Waals surface area contributed by atoms with Gasteiger partial charge < -0.3 is 15.0 Å². The first-order chi connectivity index (χ1) is 16.3. The lowest BCUT2D eigenvalue weighted by Crippen LogP contribution is -2.39. The van der Waals surface area contributed by atoms with E-state index in [2.05, 4.69) is 9.88 Å². The molecule has 0 unspecified atom stereocenters. The van der Waals surface area contributed by atoms with E-state index in [1.54, 1.807) is 66.7 Å². The van der Waals surface area contributed by atoms with E-state index in [0.29, 0.717) is 12.0 Å². The van der Waals surface area contributed by atoms with Gasteiger partial charge in [-0.05, 0) is 61.2 Å². The Morgan fingerprint density at radius 3 is 2.53 bits per heavy atom. The van der Waals surface area contributed by atoms with Crippen molar-refractivity contribution in [2.75, 3.05) is 0 Å². The van der Waals surface area contributed by atoms with E-state index in [4.69, 9.17) is 0 Å². The molecule has 0 saturated carbocycles.